The molecule has 0 aromatic rings. The highest BCUT2D eigenvalue weighted by Crippen LogP contribution is 2.45. The molecule has 72 valence electrons. The maximum Gasteiger partial charge on any atom is 0.161 e. The van der Waals surface area contributed by atoms with Crippen LogP contribution in [0, 0.1) is 11.8 Å². The van der Waals surface area contributed by atoms with E-state index in [4.69, 9.17) is 0 Å². The predicted molar refractivity (Wildman–Crippen MR) is 57.3 cm³/mol. The Hall–Kier alpha value is -0.373. The van der Waals surface area contributed by atoms with Crippen molar-refractivity contribution in [1.29, 1.82) is 0 Å². The molecule has 2 fully saturated rings. The summed E-state index contributed by atoms with van der Waals surface area (Å²) in [6.07, 6.45) is 3.59. The van der Waals surface area contributed by atoms with Gasteiger partial charge in [0.1, 0.15) is 0 Å². The number of hydrogen-bond donors (Lipinski definition) is 0. The summed E-state index contributed by atoms with van der Waals surface area (Å²) in [5.74, 6) is 1.54. The summed E-state index contributed by atoms with van der Waals surface area (Å²) in [6, 6.07) is 0. The smallest absolute Gasteiger partial charge is 0.161 e. The Morgan fingerprint density at radius 2 is 1.85 bits per heavy atom. The van der Waals surface area contributed by atoms with Gasteiger partial charge in [0.25, 0.3) is 0 Å². The van der Waals surface area contributed by atoms with Crippen LogP contribution >= 0.6 is 0 Å². The van der Waals surface area contributed by atoms with Crippen LogP contribution in [0.15, 0.2) is 11.3 Å². The van der Waals surface area contributed by atoms with Crippen LogP contribution in [0.4, 0.5) is 0 Å². The fourth-order valence-electron chi connectivity index (χ4n) is 2.59. The third-order valence-electron chi connectivity index (χ3n) is 3.12. The van der Waals surface area contributed by atoms with Crippen molar-refractivity contribution in [2.24, 2.45) is 11.8 Å². The zero-order chi connectivity index (χ0) is 9.64. The van der Waals surface area contributed by atoms with Crippen LogP contribution in [0.2, 0.25) is 19.6 Å². The first-order valence-corrected chi connectivity index (χ1v) is 8.82. The van der Waals surface area contributed by atoms with E-state index in [-0.39, 0.29) is 0 Å². The van der Waals surface area contributed by atoms with Gasteiger partial charge in [0.2, 0.25) is 0 Å². The lowest BCUT2D eigenvalue weighted by Gasteiger charge is -2.17. The van der Waals surface area contributed by atoms with Gasteiger partial charge in [0.15, 0.2) is 5.78 Å². The molecule has 0 aliphatic heterocycles. The van der Waals surface area contributed by atoms with Crippen LogP contribution in [-0.4, -0.2) is 13.9 Å². The van der Waals surface area contributed by atoms with Crippen molar-refractivity contribution in [3.63, 3.8) is 0 Å². The van der Waals surface area contributed by atoms with Crippen molar-refractivity contribution in [2.75, 3.05) is 0 Å². The van der Waals surface area contributed by atoms with Crippen LogP contribution in [0.25, 0.3) is 0 Å². The molecule has 0 aromatic carbocycles. The lowest BCUT2D eigenvalue weighted by atomic mass is 9.95. The van der Waals surface area contributed by atoms with Gasteiger partial charge in [-0.15, -0.1) is 0 Å². The topological polar surface area (TPSA) is 17.1 Å². The molecule has 2 atom stereocenters. The minimum Gasteiger partial charge on any atom is -0.294 e. The van der Waals surface area contributed by atoms with Crippen LogP contribution in [0.5, 0.6) is 0 Å². The predicted octanol–water partition coefficient (Wildman–Crippen LogP) is 2.79. The Bertz CT molecular complexity index is 272. The maximum absolute atomic E-state index is 11.8. The zero-order valence-electron chi connectivity index (χ0n) is 8.76. The summed E-state index contributed by atoms with van der Waals surface area (Å²) in [4.78, 5) is 11.8. The number of hydrogen-bond acceptors (Lipinski definition) is 1. The van der Waals surface area contributed by atoms with Gasteiger partial charge < -0.3 is 0 Å². The van der Waals surface area contributed by atoms with E-state index in [9.17, 15) is 4.79 Å². The highest BCUT2D eigenvalue weighted by Gasteiger charge is 2.42. The van der Waals surface area contributed by atoms with E-state index in [0.29, 0.717) is 17.6 Å². The molecule has 0 spiro atoms. The molecule has 2 heteroatoms. The quantitative estimate of drug-likeness (QED) is 0.463. The average molecular weight is 194 g/mol. The first kappa shape index (κ1) is 9.19. The van der Waals surface area contributed by atoms with E-state index in [0.717, 1.165) is 12.8 Å². The molecule has 2 aliphatic carbocycles. The molecule has 2 rings (SSSR count). The number of carbonyl (C=O) groups excluding carboxylic acids is 1. The third kappa shape index (κ3) is 1.64. The highest BCUT2D eigenvalue weighted by atomic mass is 28.3. The van der Waals surface area contributed by atoms with E-state index >= 15 is 0 Å². The van der Waals surface area contributed by atoms with Crippen LogP contribution < -0.4 is 0 Å². The minimum atomic E-state index is -1.18. The second kappa shape index (κ2) is 2.81. The van der Waals surface area contributed by atoms with Crippen LogP contribution in [0.1, 0.15) is 19.3 Å². The molecule has 0 heterocycles. The molecule has 0 saturated heterocycles. The molecule has 0 amide bonds. The summed E-state index contributed by atoms with van der Waals surface area (Å²) in [7, 11) is -1.18. The molecular formula is C11H18OSi. The van der Waals surface area contributed by atoms with Gasteiger partial charge in [0, 0.05) is 5.92 Å². The van der Waals surface area contributed by atoms with Gasteiger partial charge in [0.05, 0.1) is 8.07 Å². The summed E-state index contributed by atoms with van der Waals surface area (Å²) in [5, 5.41) is 0. The summed E-state index contributed by atoms with van der Waals surface area (Å²) < 4.78 is 0. The number of ketones is 1. The Balaban J connectivity index is 2.26. The van der Waals surface area contributed by atoms with Gasteiger partial charge in [-0.25, -0.2) is 0 Å². The number of carbonyl (C=O) groups is 1. The second-order valence-electron chi connectivity index (χ2n) is 5.54. The lowest BCUT2D eigenvalue weighted by molar-refractivity contribution is -0.118. The first-order valence-electron chi connectivity index (χ1n) is 5.24. The molecule has 0 N–H and O–H groups in total. The van der Waals surface area contributed by atoms with Crippen molar-refractivity contribution >= 4 is 13.9 Å². The Morgan fingerprint density at radius 3 is 2.31 bits per heavy atom. The fraction of sp³-hybridized carbons (Fsp3) is 0.727. The van der Waals surface area contributed by atoms with Crippen molar-refractivity contribution in [1.82, 2.24) is 0 Å². The number of Topliss-reactive ketones (excluding diaryl/α,β-unsaturated/α-hetero) is 1. The first-order chi connectivity index (χ1) is 5.97. The van der Waals surface area contributed by atoms with Crippen molar-refractivity contribution in [3.8, 4) is 0 Å². The Labute approximate surface area is 81.2 Å². The van der Waals surface area contributed by atoms with E-state index in [1.807, 2.05) is 0 Å². The highest BCUT2D eigenvalue weighted by molar-refractivity contribution is 6.81. The minimum absolute atomic E-state index is 0.410. The molecule has 2 bridgehead atoms. The molecule has 0 radical (unpaired) electrons. The Morgan fingerprint density at radius 1 is 1.23 bits per heavy atom. The standard InChI is InChI=1S/C11H18OSi/c1-13(2,3)7-10-8-4-5-9(6-8)11(10)12/h7-9H,4-6H2,1-3H3/b10-7+/t8-,9+/m1/s1. The SMILES string of the molecule is C[Si](C)(C)/C=C1/C(=O)[C@H]2CC[C@@H]1C2. The summed E-state index contributed by atoms with van der Waals surface area (Å²) in [6.45, 7) is 6.91. The van der Waals surface area contributed by atoms with Gasteiger partial charge in [-0.05, 0) is 30.8 Å². The summed E-state index contributed by atoms with van der Waals surface area (Å²) >= 11 is 0. The van der Waals surface area contributed by atoms with Crippen molar-refractivity contribution < 1.29 is 4.79 Å². The van der Waals surface area contributed by atoms with Gasteiger partial charge >= 0.3 is 0 Å². The molecule has 2 saturated carbocycles. The normalized spacial score (nSPS) is 36.2. The molecule has 0 aromatic heterocycles. The van der Waals surface area contributed by atoms with E-state index < -0.39 is 8.07 Å². The maximum atomic E-state index is 11.8. The van der Waals surface area contributed by atoms with Crippen molar-refractivity contribution in [2.45, 2.75) is 38.9 Å². The van der Waals surface area contributed by atoms with E-state index in [1.165, 1.54) is 12.0 Å². The van der Waals surface area contributed by atoms with E-state index in [1.54, 1.807) is 0 Å². The van der Waals surface area contributed by atoms with Crippen molar-refractivity contribution in [3.05, 3.63) is 11.3 Å². The number of allylic oxidation sites excluding steroid dienone is 1. The molecule has 1 nitrogen and oxygen atoms in total. The summed E-state index contributed by atoms with van der Waals surface area (Å²) in [5.41, 5.74) is 3.54. The monoisotopic (exact) mass is 194 g/mol. The van der Waals surface area contributed by atoms with Gasteiger partial charge in [-0.1, -0.05) is 25.3 Å². The molecule has 13 heavy (non-hydrogen) atoms. The third-order valence-corrected chi connectivity index (χ3v) is 4.29. The molecular weight excluding hydrogens is 176 g/mol. The largest absolute Gasteiger partial charge is 0.294 e. The number of fused-ring (bicyclic) bond motifs is 2. The fourth-order valence-corrected chi connectivity index (χ4v) is 3.91. The van der Waals surface area contributed by atoms with Gasteiger partial charge in [-0.2, -0.15) is 0 Å². The van der Waals surface area contributed by atoms with Crippen LogP contribution in [0.3, 0.4) is 0 Å². The second-order valence-corrected chi connectivity index (χ2v) is 10.6. The molecule has 2 aliphatic rings. The van der Waals surface area contributed by atoms with Gasteiger partial charge in [-0.3, -0.25) is 4.79 Å². The van der Waals surface area contributed by atoms with Crippen LogP contribution in [-0.2, 0) is 4.79 Å². The number of rotatable bonds is 1. The average Bonchev–Trinajstić information content (AvgIpc) is 2.51. The molecule has 0 unspecified atom stereocenters. The lowest BCUT2D eigenvalue weighted by Crippen LogP contribution is -2.21. The Kier molecular flexibility index (Phi) is 1.99. The zero-order valence-corrected chi connectivity index (χ0v) is 9.76. The van der Waals surface area contributed by atoms with E-state index in [2.05, 4.69) is 25.3 Å².